The number of amides is 1. The third-order valence-electron chi connectivity index (χ3n) is 3.61. The molecule has 1 aromatic rings. The molecule has 1 aromatic carbocycles. The van der Waals surface area contributed by atoms with Crippen LogP contribution in [0.1, 0.15) is 25.7 Å². The molecule has 2 N–H and O–H groups in total. The van der Waals surface area contributed by atoms with Gasteiger partial charge in [-0.2, -0.15) is 0 Å². The average Bonchev–Trinajstić information content (AvgIpc) is 2.43. The molecular formula is C14H15F2NO3. The van der Waals surface area contributed by atoms with Crippen LogP contribution in [0.2, 0.25) is 0 Å². The van der Waals surface area contributed by atoms with E-state index in [9.17, 15) is 18.4 Å². The van der Waals surface area contributed by atoms with Gasteiger partial charge in [0.1, 0.15) is 0 Å². The maximum absolute atomic E-state index is 13.1. The second-order valence-corrected chi connectivity index (χ2v) is 4.95. The van der Waals surface area contributed by atoms with Crippen LogP contribution in [0, 0.1) is 23.5 Å². The van der Waals surface area contributed by atoms with E-state index in [1.165, 1.54) is 6.07 Å². The number of halogens is 2. The van der Waals surface area contributed by atoms with E-state index in [1.807, 2.05) is 0 Å². The molecule has 4 nitrogen and oxygen atoms in total. The van der Waals surface area contributed by atoms with Crippen molar-refractivity contribution in [3.63, 3.8) is 0 Å². The van der Waals surface area contributed by atoms with Crippen LogP contribution in [-0.4, -0.2) is 17.0 Å². The van der Waals surface area contributed by atoms with Gasteiger partial charge in [-0.05, 0) is 25.0 Å². The van der Waals surface area contributed by atoms with Gasteiger partial charge in [-0.25, -0.2) is 8.78 Å². The van der Waals surface area contributed by atoms with E-state index in [1.54, 1.807) is 0 Å². The lowest BCUT2D eigenvalue weighted by Crippen LogP contribution is -2.36. The van der Waals surface area contributed by atoms with Crippen LogP contribution in [0.4, 0.5) is 14.5 Å². The van der Waals surface area contributed by atoms with E-state index in [0.717, 1.165) is 25.0 Å². The molecule has 0 aliphatic heterocycles. The molecule has 1 aliphatic carbocycles. The summed E-state index contributed by atoms with van der Waals surface area (Å²) < 4.78 is 25.8. The molecule has 108 valence electrons. The lowest BCUT2D eigenvalue weighted by atomic mass is 9.78. The molecule has 1 fully saturated rings. The molecule has 6 heteroatoms. The van der Waals surface area contributed by atoms with Gasteiger partial charge in [-0.15, -0.1) is 0 Å². The van der Waals surface area contributed by atoms with Crippen LogP contribution in [0.5, 0.6) is 0 Å². The molecule has 0 radical (unpaired) electrons. The molecule has 2 atom stereocenters. The molecular weight excluding hydrogens is 268 g/mol. The first kappa shape index (κ1) is 14.4. The van der Waals surface area contributed by atoms with Crippen molar-refractivity contribution in [2.45, 2.75) is 25.7 Å². The smallest absolute Gasteiger partial charge is 0.307 e. The highest BCUT2D eigenvalue weighted by Gasteiger charge is 2.35. The van der Waals surface area contributed by atoms with Gasteiger partial charge in [0.25, 0.3) is 0 Å². The Hall–Kier alpha value is -1.98. The van der Waals surface area contributed by atoms with Gasteiger partial charge >= 0.3 is 5.97 Å². The largest absolute Gasteiger partial charge is 0.481 e. The Balaban J connectivity index is 2.09. The van der Waals surface area contributed by atoms with Crippen molar-refractivity contribution in [3.05, 3.63) is 29.8 Å². The highest BCUT2D eigenvalue weighted by atomic mass is 19.2. The zero-order chi connectivity index (χ0) is 14.7. The van der Waals surface area contributed by atoms with E-state index < -0.39 is 35.3 Å². The number of hydrogen-bond donors (Lipinski definition) is 2. The number of anilines is 1. The van der Waals surface area contributed by atoms with Crippen molar-refractivity contribution >= 4 is 17.6 Å². The van der Waals surface area contributed by atoms with Gasteiger partial charge in [0.2, 0.25) is 5.91 Å². The third kappa shape index (κ3) is 3.12. The number of rotatable bonds is 3. The first-order chi connectivity index (χ1) is 9.49. The van der Waals surface area contributed by atoms with Crippen LogP contribution in [0.25, 0.3) is 0 Å². The fourth-order valence-electron chi connectivity index (χ4n) is 2.55. The molecule has 1 aliphatic rings. The van der Waals surface area contributed by atoms with E-state index >= 15 is 0 Å². The van der Waals surface area contributed by atoms with E-state index in [2.05, 4.69) is 5.32 Å². The number of hydrogen-bond acceptors (Lipinski definition) is 2. The fraction of sp³-hybridized carbons (Fsp3) is 0.429. The number of carbonyl (C=O) groups is 2. The molecule has 0 bridgehead atoms. The van der Waals surface area contributed by atoms with Crippen molar-refractivity contribution in [3.8, 4) is 0 Å². The molecule has 0 unspecified atom stereocenters. The summed E-state index contributed by atoms with van der Waals surface area (Å²) in [4.78, 5) is 23.2. The lowest BCUT2D eigenvalue weighted by Gasteiger charge is -2.27. The van der Waals surface area contributed by atoms with Gasteiger partial charge in [0, 0.05) is 11.8 Å². The SMILES string of the molecule is O=C(Nc1ccc(F)c(F)c1)[C@H]1CCCC[C@H]1C(=O)O. The number of carboxylic acid groups (broad SMARTS) is 1. The quantitative estimate of drug-likeness (QED) is 0.896. The Morgan fingerprint density at radius 1 is 1.10 bits per heavy atom. The minimum atomic E-state index is -1.05. The van der Waals surface area contributed by atoms with Crippen molar-refractivity contribution in [2.75, 3.05) is 5.32 Å². The van der Waals surface area contributed by atoms with Gasteiger partial charge < -0.3 is 10.4 Å². The Morgan fingerprint density at radius 3 is 2.35 bits per heavy atom. The molecule has 20 heavy (non-hydrogen) atoms. The number of carbonyl (C=O) groups excluding carboxylic acids is 1. The highest BCUT2D eigenvalue weighted by molar-refractivity contribution is 5.95. The van der Waals surface area contributed by atoms with Crippen LogP contribution >= 0.6 is 0 Å². The molecule has 0 aromatic heterocycles. The summed E-state index contributed by atoms with van der Waals surface area (Å²) in [7, 11) is 0. The summed E-state index contributed by atoms with van der Waals surface area (Å²) in [6.07, 6.45) is 2.53. The fourth-order valence-corrected chi connectivity index (χ4v) is 2.55. The normalized spacial score (nSPS) is 22.3. The van der Waals surface area contributed by atoms with E-state index in [4.69, 9.17) is 5.11 Å². The summed E-state index contributed by atoms with van der Waals surface area (Å²) >= 11 is 0. The van der Waals surface area contributed by atoms with Gasteiger partial charge in [-0.1, -0.05) is 12.8 Å². The predicted octanol–water partition coefficient (Wildman–Crippen LogP) is 2.79. The van der Waals surface area contributed by atoms with E-state index in [-0.39, 0.29) is 5.69 Å². The lowest BCUT2D eigenvalue weighted by molar-refractivity contribution is -0.147. The van der Waals surface area contributed by atoms with Gasteiger partial charge in [-0.3, -0.25) is 9.59 Å². The zero-order valence-electron chi connectivity index (χ0n) is 10.7. The second-order valence-electron chi connectivity index (χ2n) is 4.95. The zero-order valence-corrected chi connectivity index (χ0v) is 10.7. The summed E-state index contributed by atoms with van der Waals surface area (Å²) in [5.74, 6) is -4.84. The van der Waals surface area contributed by atoms with Crippen LogP contribution in [-0.2, 0) is 9.59 Å². The van der Waals surface area contributed by atoms with Crippen molar-refractivity contribution in [1.29, 1.82) is 0 Å². The van der Waals surface area contributed by atoms with Crippen molar-refractivity contribution in [2.24, 2.45) is 11.8 Å². The minimum absolute atomic E-state index is 0.128. The van der Waals surface area contributed by atoms with Gasteiger partial charge in [0.05, 0.1) is 11.8 Å². The standard InChI is InChI=1S/C14H15F2NO3/c15-11-6-5-8(7-12(11)16)17-13(18)9-3-1-2-4-10(9)14(19)20/h5-7,9-10H,1-4H2,(H,17,18)(H,19,20)/t9-,10+/m0/s1. The van der Waals surface area contributed by atoms with E-state index in [0.29, 0.717) is 12.8 Å². The maximum atomic E-state index is 13.1. The summed E-state index contributed by atoms with van der Waals surface area (Å²) in [6, 6.07) is 3.04. The van der Waals surface area contributed by atoms with Crippen LogP contribution in [0.15, 0.2) is 18.2 Å². The first-order valence-electron chi connectivity index (χ1n) is 6.48. The molecule has 0 spiro atoms. The minimum Gasteiger partial charge on any atom is -0.481 e. The average molecular weight is 283 g/mol. The van der Waals surface area contributed by atoms with Crippen LogP contribution < -0.4 is 5.32 Å². The number of aliphatic carboxylic acids is 1. The Morgan fingerprint density at radius 2 is 1.75 bits per heavy atom. The monoisotopic (exact) mass is 283 g/mol. The highest BCUT2D eigenvalue weighted by Crippen LogP contribution is 2.31. The van der Waals surface area contributed by atoms with Crippen molar-refractivity contribution in [1.82, 2.24) is 0 Å². The predicted molar refractivity (Wildman–Crippen MR) is 68.1 cm³/mol. The first-order valence-corrected chi connectivity index (χ1v) is 6.48. The molecule has 2 rings (SSSR count). The summed E-state index contributed by atoms with van der Waals surface area (Å²) in [5, 5.41) is 11.6. The summed E-state index contributed by atoms with van der Waals surface area (Å²) in [6.45, 7) is 0. The Kier molecular flexibility index (Phi) is 4.32. The number of carboxylic acids is 1. The molecule has 1 saturated carbocycles. The summed E-state index contributed by atoms with van der Waals surface area (Å²) in [5.41, 5.74) is 0.128. The second kappa shape index (κ2) is 5.98. The van der Waals surface area contributed by atoms with Gasteiger partial charge in [0.15, 0.2) is 11.6 Å². The van der Waals surface area contributed by atoms with Crippen molar-refractivity contribution < 1.29 is 23.5 Å². The number of nitrogens with one attached hydrogen (secondary N) is 1. The molecule has 0 saturated heterocycles. The topological polar surface area (TPSA) is 66.4 Å². The Bertz CT molecular complexity index is 533. The number of benzene rings is 1. The molecule has 0 heterocycles. The van der Waals surface area contributed by atoms with Crippen LogP contribution in [0.3, 0.4) is 0 Å². The maximum Gasteiger partial charge on any atom is 0.307 e. The third-order valence-corrected chi connectivity index (χ3v) is 3.61. The molecule has 1 amide bonds. The Labute approximate surface area is 114 Å².